The Labute approximate surface area is 174 Å². The van der Waals surface area contributed by atoms with Crippen LogP contribution in [0, 0.1) is 5.92 Å². The van der Waals surface area contributed by atoms with Crippen LogP contribution in [0.3, 0.4) is 0 Å². The summed E-state index contributed by atoms with van der Waals surface area (Å²) in [6.45, 7) is 13.0. The van der Waals surface area contributed by atoms with Crippen LogP contribution >= 0.6 is 35.3 Å². The van der Waals surface area contributed by atoms with Gasteiger partial charge in [0.2, 0.25) is 0 Å². The Morgan fingerprint density at radius 3 is 2.56 bits per heavy atom. The van der Waals surface area contributed by atoms with Crippen molar-refractivity contribution in [1.29, 1.82) is 0 Å². The number of piperidine rings is 1. The van der Waals surface area contributed by atoms with Crippen LogP contribution < -0.4 is 10.6 Å². The fraction of sp³-hybridized carbons (Fsp3) is 0.778. The number of nitrogens with one attached hydrogen (secondary N) is 2. The summed E-state index contributed by atoms with van der Waals surface area (Å²) in [6.07, 6.45) is 3.52. The molecule has 0 amide bonds. The van der Waals surface area contributed by atoms with E-state index in [4.69, 9.17) is 0 Å². The van der Waals surface area contributed by atoms with Gasteiger partial charge in [0.25, 0.3) is 0 Å². The van der Waals surface area contributed by atoms with Gasteiger partial charge in [-0.2, -0.15) is 0 Å². The van der Waals surface area contributed by atoms with Gasteiger partial charge in [0, 0.05) is 31.1 Å². The number of halogens is 1. The highest BCUT2D eigenvalue weighted by atomic mass is 127. The topological polar surface area (TPSA) is 52.6 Å². The van der Waals surface area contributed by atoms with Gasteiger partial charge in [0.15, 0.2) is 5.96 Å². The summed E-state index contributed by atoms with van der Waals surface area (Å²) < 4.78 is 0. The lowest BCUT2D eigenvalue weighted by Crippen LogP contribution is -2.49. The highest BCUT2D eigenvalue weighted by Gasteiger charge is 2.20. The lowest BCUT2D eigenvalue weighted by atomic mass is 9.97. The summed E-state index contributed by atoms with van der Waals surface area (Å²) >= 11 is 1.79. The standard InChI is InChI=1S/C18H33N5S.HI/c1-6-16-21-15(13-24-16)12-23-9-7-14(8-10-23)11-20-17(19-5)22-18(2,3)4;/h13-14H,6-12H2,1-5H3,(H2,19,20,22);1H. The predicted molar refractivity (Wildman–Crippen MR) is 119 cm³/mol. The van der Waals surface area contributed by atoms with Crippen molar-refractivity contribution in [2.45, 2.75) is 59.0 Å². The van der Waals surface area contributed by atoms with Crippen molar-refractivity contribution in [3.8, 4) is 0 Å². The fourth-order valence-corrected chi connectivity index (χ4v) is 3.67. The Bertz CT molecular complexity index is 530. The van der Waals surface area contributed by atoms with Crippen LogP contribution in [-0.2, 0) is 13.0 Å². The van der Waals surface area contributed by atoms with E-state index in [1.165, 1.54) is 23.5 Å². The number of hydrogen-bond acceptors (Lipinski definition) is 4. The van der Waals surface area contributed by atoms with Crippen molar-refractivity contribution >= 4 is 41.3 Å². The zero-order valence-corrected chi connectivity index (χ0v) is 19.4. The highest BCUT2D eigenvalue weighted by molar-refractivity contribution is 14.0. The first-order chi connectivity index (χ1) is 11.4. The molecule has 0 bridgehead atoms. The predicted octanol–water partition coefficient (Wildman–Crippen LogP) is 3.50. The fourth-order valence-electron chi connectivity index (χ4n) is 2.94. The molecular weight excluding hydrogens is 445 g/mol. The van der Waals surface area contributed by atoms with Crippen molar-refractivity contribution in [1.82, 2.24) is 20.5 Å². The highest BCUT2D eigenvalue weighted by Crippen LogP contribution is 2.19. The molecular formula is C18H34IN5S. The minimum atomic E-state index is 0. The normalized spacial score (nSPS) is 17.2. The quantitative estimate of drug-likeness (QED) is 0.386. The average molecular weight is 479 g/mol. The Balaban J connectivity index is 0.00000312. The SMILES string of the molecule is CCc1nc(CN2CCC(CNC(=NC)NC(C)(C)C)CC2)cs1.I. The molecule has 0 radical (unpaired) electrons. The van der Waals surface area contributed by atoms with Crippen molar-refractivity contribution in [2.75, 3.05) is 26.7 Å². The lowest BCUT2D eigenvalue weighted by molar-refractivity contribution is 0.176. The molecule has 0 saturated carbocycles. The lowest BCUT2D eigenvalue weighted by Gasteiger charge is -2.32. The van der Waals surface area contributed by atoms with Gasteiger partial charge < -0.3 is 10.6 Å². The second-order valence-electron chi connectivity index (χ2n) is 7.63. The van der Waals surface area contributed by atoms with E-state index in [0.29, 0.717) is 0 Å². The molecule has 0 aromatic carbocycles. The molecule has 1 fully saturated rings. The first-order valence-electron chi connectivity index (χ1n) is 9.04. The molecule has 25 heavy (non-hydrogen) atoms. The van der Waals surface area contributed by atoms with Crippen molar-refractivity contribution in [3.63, 3.8) is 0 Å². The summed E-state index contributed by atoms with van der Waals surface area (Å²) in [7, 11) is 1.84. The minimum Gasteiger partial charge on any atom is -0.356 e. The average Bonchev–Trinajstić information content (AvgIpc) is 2.99. The number of likely N-dealkylation sites (tertiary alicyclic amines) is 1. The maximum absolute atomic E-state index is 4.69. The minimum absolute atomic E-state index is 0. The molecule has 1 aromatic heterocycles. The monoisotopic (exact) mass is 479 g/mol. The number of guanidine groups is 1. The van der Waals surface area contributed by atoms with E-state index >= 15 is 0 Å². The molecule has 2 rings (SSSR count). The molecule has 0 unspecified atom stereocenters. The molecule has 7 heteroatoms. The molecule has 2 heterocycles. The van der Waals surface area contributed by atoms with Gasteiger partial charge in [-0.25, -0.2) is 4.98 Å². The summed E-state index contributed by atoms with van der Waals surface area (Å²) in [4.78, 5) is 11.5. The molecule has 1 aromatic rings. The number of aliphatic imine (C=N–C) groups is 1. The van der Waals surface area contributed by atoms with Crippen LogP contribution in [-0.4, -0.2) is 48.1 Å². The van der Waals surface area contributed by atoms with E-state index in [0.717, 1.165) is 44.5 Å². The number of thiazole rings is 1. The molecule has 1 saturated heterocycles. The van der Waals surface area contributed by atoms with Gasteiger partial charge in [-0.3, -0.25) is 9.89 Å². The molecule has 0 spiro atoms. The van der Waals surface area contributed by atoms with E-state index in [1.54, 1.807) is 11.3 Å². The molecule has 0 aliphatic carbocycles. The molecule has 144 valence electrons. The van der Waals surface area contributed by atoms with Crippen LogP contribution in [0.25, 0.3) is 0 Å². The second-order valence-corrected chi connectivity index (χ2v) is 8.58. The third kappa shape index (κ3) is 8.21. The Kier molecular flexibility index (Phi) is 9.66. The number of hydrogen-bond donors (Lipinski definition) is 2. The van der Waals surface area contributed by atoms with Crippen LogP contribution in [0.1, 0.15) is 51.2 Å². The molecule has 0 atom stereocenters. The third-order valence-corrected chi connectivity index (χ3v) is 5.31. The molecule has 2 N–H and O–H groups in total. The number of aryl methyl sites for hydroxylation is 1. The Morgan fingerprint density at radius 1 is 1.36 bits per heavy atom. The maximum Gasteiger partial charge on any atom is 0.191 e. The summed E-state index contributed by atoms with van der Waals surface area (Å²) in [5, 5.41) is 10.4. The smallest absolute Gasteiger partial charge is 0.191 e. The zero-order chi connectivity index (χ0) is 17.6. The van der Waals surface area contributed by atoms with E-state index < -0.39 is 0 Å². The zero-order valence-electron chi connectivity index (χ0n) is 16.3. The van der Waals surface area contributed by atoms with Gasteiger partial charge in [-0.05, 0) is 59.0 Å². The van der Waals surface area contributed by atoms with Crippen molar-refractivity contribution in [2.24, 2.45) is 10.9 Å². The number of aromatic nitrogens is 1. The Morgan fingerprint density at radius 2 is 2.04 bits per heavy atom. The molecule has 1 aliphatic heterocycles. The van der Waals surface area contributed by atoms with E-state index in [-0.39, 0.29) is 29.5 Å². The number of rotatable bonds is 5. The third-order valence-electron chi connectivity index (χ3n) is 4.27. The van der Waals surface area contributed by atoms with Gasteiger partial charge in [-0.15, -0.1) is 35.3 Å². The van der Waals surface area contributed by atoms with Crippen molar-refractivity contribution in [3.05, 3.63) is 16.1 Å². The van der Waals surface area contributed by atoms with Gasteiger partial charge in [-0.1, -0.05) is 6.92 Å². The Hall–Kier alpha value is -0.410. The first-order valence-corrected chi connectivity index (χ1v) is 9.92. The molecule has 1 aliphatic rings. The largest absolute Gasteiger partial charge is 0.356 e. The van der Waals surface area contributed by atoms with Gasteiger partial charge in [0.05, 0.1) is 10.7 Å². The van der Waals surface area contributed by atoms with Crippen LogP contribution in [0.15, 0.2) is 10.4 Å². The van der Waals surface area contributed by atoms with Crippen LogP contribution in [0.4, 0.5) is 0 Å². The number of nitrogens with zero attached hydrogens (tertiary/aromatic N) is 3. The van der Waals surface area contributed by atoms with Gasteiger partial charge in [0.1, 0.15) is 0 Å². The van der Waals surface area contributed by atoms with Crippen LogP contribution in [0.5, 0.6) is 0 Å². The van der Waals surface area contributed by atoms with Crippen LogP contribution in [0.2, 0.25) is 0 Å². The van der Waals surface area contributed by atoms with E-state index in [9.17, 15) is 0 Å². The second kappa shape index (κ2) is 10.7. The first kappa shape index (κ1) is 22.6. The van der Waals surface area contributed by atoms with Crippen molar-refractivity contribution < 1.29 is 0 Å². The van der Waals surface area contributed by atoms with Gasteiger partial charge >= 0.3 is 0 Å². The maximum atomic E-state index is 4.69. The summed E-state index contributed by atoms with van der Waals surface area (Å²) in [5.41, 5.74) is 1.28. The van der Waals surface area contributed by atoms with E-state index in [2.05, 4.69) is 58.6 Å². The summed E-state index contributed by atoms with van der Waals surface area (Å²) in [5.74, 6) is 1.63. The molecule has 5 nitrogen and oxygen atoms in total. The summed E-state index contributed by atoms with van der Waals surface area (Å²) in [6, 6.07) is 0. The van der Waals surface area contributed by atoms with E-state index in [1.807, 2.05) is 7.05 Å².